The Morgan fingerprint density at radius 3 is 2.58 bits per heavy atom. The van der Waals surface area contributed by atoms with E-state index in [9.17, 15) is 13.6 Å². The molecule has 19 heavy (non-hydrogen) atoms. The fraction of sp³-hybridized carbons (Fsp3) is 0.0714. The van der Waals surface area contributed by atoms with Gasteiger partial charge in [-0.2, -0.15) is 0 Å². The zero-order valence-electron chi connectivity index (χ0n) is 10.0. The van der Waals surface area contributed by atoms with E-state index in [-0.39, 0.29) is 5.56 Å². The summed E-state index contributed by atoms with van der Waals surface area (Å²) in [5.74, 6) is -2.09. The topological polar surface area (TPSA) is 29.1 Å². The molecule has 2 aromatic carbocycles. The number of amides is 1. The van der Waals surface area contributed by atoms with Crippen LogP contribution in [0.3, 0.4) is 0 Å². The first-order chi connectivity index (χ1) is 8.97. The van der Waals surface area contributed by atoms with Gasteiger partial charge in [-0.15, -0.1) is 0 Å². The maximum absolute atomic E-state index is 13.5. The molecule has 2 aromatic rings. The lowest BCUT2D eigenvalue weighted by atomic mass is 10.1. The average Bonchev–Trinajstić information content (AvgIpc) is 2.35. The molecule has 0 heterocycles. The summed E-state index contributed by atoms with van der Waals surface area (Å²) in [6.45, 7) is 1.81. The van der Waals surface area contributed by atoms with Gasteiger partial charge in [0.05, 0.1) is 5.56 Å². The van der Waals surface area contributed by atoms with Gasteiger partial charge in [-0.05, 0) is 48.9 Å². The van der Waals surface area contributed by atoms with Gasteiger partial charge in [0.25, 0.3) is 5.91 Å². The van der Waals surface area contributed by atoms with E-state index in [1.54, 1.807) is 12.1 Å². The lowest BCUT2D eigenvalue weighted by Crippen LogP contribution is -2.14. The molecule has 0 spiro atoms. The highest BCUT2D eigenvalue weighted by molar-refractivity contribution is 9.10. The number of hydrogen-bond acceptors (Lipinski definition) is 1. The number of aryl methyl sites for hydroxylation is 1. The molecule has 2 nitrogen and oxygen atoms in total. The van der Waals surface area contributed by atoms with E-state index in [4.69, 9.17) is 0 Å². The van der Waals surface area contributed by atoms with Crippen molar-refractivity contribution in [2.45, 2.75) is 6.92 Å². The second-order valence-corrected chi connectivity index (χ2v) is 4.95. The molecule has 0 bridgehead atoms. The van der Waals surface area contributed by atoms with Crippen molar-refractivity contribution in [3.05, 3.63) is 63.6 Å². The van der Waals surface area contributed by atoms with Gasteiger partial charge in [-0.25, -0.2) is 8.78 Å². The summed E-state index contributed by atoms with van der Waals surface area (Å²) < 4.78 is 27.4. The summed E-state index contributed by atoms with van der Waals surface area (Å²) >= 11 is 3.31. The minimum absolute atomic E-state index is 0.317. The maximum Gasteiger partial charge on any atom is 0.258 e. The van der Waals surface area contributed by atoms with Crippen molar-refractivity contribution >= 4 is 27.5 Å². The fourth-order valence-electron chi connectivity index (χ4n) is 1.63. The van der Waals surface area contributed by atoms with Gasteiger partial charge >= 0.3 is 0 Å². The Hall–Kier alpha value is -1.75. The summed E-state index contributed by atoms with van der Waals surface area (Å²) in [6, 6.07) is 8.03. The summed E-state index contributed by atoms with van der Waals surface area (Å²) in [5.41, 5.74) is 1.05. The van der Waals surface area contributed by atoms with Gasteiger partial charge in [-0.3, -0.25) is 4.79 Å². The van der Waals surface area contributed by atoms with Crippen LogP contribution in [0.15, 0.2) is 40.9 Å². The molecule has 0 aromatic heterocycles. The number of carbonyl (C=O) groups excluding carboxylic acids is 1. The number of hydrogen-bond donors (Lipinski definition) is 1. The number of benzene rings is 2. The van der Waals surface area contributed by atoms with Gasteiger partial charge < -0.3 is 5.32 Å². The van der Waals surface area contributed by atoms with Crippen LogP contribution in [0.4, 0.5) is 14.5 Å². The Morgan fingerprint density at radius 1 is 1.16 bits per heavy atom. The third kappa shape index (κ3) is 3.17. The zero-order valence-corrected chi connectivity index (χ0v) is 11.6. The first-order valence-electron chi connectivity index (χ1n) is 5.50. The molecule has 0 radical (unpaired) electrons. The van der Waals surface area contributed by atoms with Gasteiger partial charge in [0.15, 0.2) is 0 Å². The van der Waals surface area contributed by atoms with Crippen LogP contribution in [0, 0.1) is 18.6 Å². The van der Waals surface area contributed by atoms with Crippen LogP contribution in [0.5, 0.6) is 0 Å². The van der Waals surface area contributed by atoms with Gasteiger partial charge in [0.1, 0.15) is 11.6 Å². The van der Waals surface area contributed by atoms with E-state index in [1.807, 2.05) is 13.0 Å². The quantitative estimate of drug-likeness (QED) is 0.876. The minimum Gasteiger partial charge on any atom is -0.322 e. The predicted molar refractivity (Wildman–Crippen MR) is 73.2 cm³/mol. The first-order valence-corrected chi connectivity index (χ1v) is 6.29. The van der Waals surface area contributed by atoms with Crippen molar-refractivity contribution in [1.82, 2.24) is 0 Å². The molecule has 0 saturated heterocycles. The van der Waals surface area contributed by atoms with E-state index in [0.717, 1.165) is 28.2 Å². The molecule has 1 amide bonds. The largest absolute Gasteiger partial charge is 0.322 e. The normalized spacial score (nSPS) is 10.3. The van der Waals surface area contributed by atoms with E-state index in [2.05, 4.69) is 21.2 Å². The zero-order chi connectivity index (χ0) is 14.0. The first kappa shape index (κ1) is 13.7. The second-order valence-electron chi connectivity index (χ2n) is 4.04. The number of anilines is 1. The molecular formula is C14H10BrF2NO. The molecule has 2 rings (SSSR count). The molecule has 98 valence electrons. The van der Waals surface area contributed by atoms with Crippen molar-refractivity contribution in [3.8, 4) is 0 Å². The highest BCUT2D eigenvalue weighted by Crippen LogP contribution is 2.21. The predicted octanol–water partition coefficient (Wildman–Crippen LogP) is 4.29. The second kappa shape index (κ2) is 5.48. The Bertz CT molecular complexity index is 643. The molecule has 1 N–H and O–H groups in total. The Balaban J connectivity index is 2.28. The lowest BCUT2D eigenvalue weighted by Gasteiger charge is -2.09. The van der Waals surface area contributed by atoms with Gasteiger partial charge in [0.2, 0.25) is 0 Å². The fourth-order valence-corrected chi connectivity index (χ4v) is 2.10. The lowest BCUT2D eigenvalue weighted by molar-refractivity contribution is 0.102. The summed E-state index contributed by atoms with van der Waals surface area (Å²) in [5, 5.41) is 2.56. The summed E-state index contributed by atoms with van der Waals surface area (Å²) in [4.78, 5) is 11.9. The van der Waals surface area contributed by atoms with Crippen molar-refractivity contribution in [1.29, 1.82) is 0 Å². The van der Waals surface area contributed by atoms with E-state index >= 15 is 0 Å². The van der Waals surface area contributed by atoms with Gasteiger partial charge in [0, 0.05) is 10.2 Å². The monoisotopic (exact) mass is 325 g/mol. The molecule has 0 unspecified atom stereocenters. The van der Waals surface area contributed by atoms with Crippen molar-refractivity contribution in [3.63, 3.8) is 0 Å². The maximum atomic E-state index is 13.5. The molecule has 5 heteroatoms. The molecule has 0 aliphatic carbocycles. The molecule has 0 aliphatic heterocycles. The van der Waals surface area contributed by atoms with E-state index < -0.39 is 17.5 Å². The number of nitrogens with one attached hydrogen (secondary N) is 1. The highest BCUT2D eigenvalue weighted by Gasteiger charge is 2.13. The van der Waals surface area contributed by atoms with E-state index in [1.165, 1.54) is 0 Å². The van der Waals surface area contributed by atoms with Crippen LogP contribution in [0.25, 0.3) is 0 Å². The molecule has 0 atom stereocenters. The third-order valence-electron chi connectivity index (χ3n) is 2.61. The van der Waals surface area contributed by atoms with E-state index in [0.29, 0.717) is 5.69 Å². The molecule has 0 aliphatic rings. The highest BCUT2D eigenvalue weighted by atomic mass is 79.9. The van der Waals surface area contributed by atoms with Crippen LogP contribution in [-0.4, -0.2) is 5.91 Å². The van der Waals surface area contributed by atoms with Crippen LogP contribution in [0.1, 0.15) is 15.9 Å². The smallest absolute Gasteiger partial charge is 0.258 e. The van der Waals surface area contributed by atoms with Crippen molar-refractivity contribution in [2.75, 3.05) is 5.32 Å². The molecule has 0 saturated carbocycles. The SMILES string of the molecule is Cc1cc(Br)ccc1NC(=O)c1cc(F)ccc1F. The summed E-state index contributed by atoms with van der Waals surface area (Å²) in [7, 11) is 0. The molecular weight excluding hydrogens is 316 g/mol. The van der Waals surface area contributed by atoms with Crippen molar-refractivity contribution < 1.29 is 13.6 Å². The Morgan fingerprint density at radius 2 is 1.89 bits per heavy atom. The minimum atomic E-state index is -0.756. The van der Waals surface area contributed by atoms with Crippen molar-refractivity contribution in [2.24, 2.45) is 0 Å². The Kier molecular flexibility index (Phi) is 3.95. The number of rotatable bonds is 2. The van der Waals surface area contributed by atoms with Gasteiger partial charge in [-0.1, -0.05) is 15.9 Å². The van der Waals surface area contributed by atoms with Crippen LogP contribution >= 0.6 is 15.9 Å². The van der Waals surface area contributed by atoms with Crippen LogP contribution < -0.4 is 5.32 Å². The van der Waals surface area contributed by atoms with Crippen LogP contribution in [-0.2, 0) is 0 Å². The molecule has 0 fully saturated rings. The number of halogens is 3. The number of carbonyl (C=O) groups is 1. The standard InChI is InChI=1S/C14H10BrF2NO/c1-8-6-9(15)2-5-13(8)18-14(19)11-7-10(16)3-4-12(11)17/h2-7H,1H3,(H,18,19). The Labute approximate surface area is 117 Å². The third-order valence-corrected chi connectivity index (χ3v) is 3.10. The average molecular weight is 326 g/mol. The van der Waals surface area contributed by atoms with Crippen LogP contribution in [0.2, 0.25) is 0 Å². The summed E-state index contributed by atoms with van der Waals surface area (Å²) in [6.07, 6.45) is 0.